The van der Waals surface area contributed by atoms with Crippen molar-refractivity contribution in [2.24, 2.45) is 0 Å². The van der Waals surface area contributed by atoms with Crippen LogP contribution < -0.4 is 15.8 Å². The van der Waals surface area contributed by atoms with Gasteiger partial charge in [-0.2, -0.15) is 16.7 Å². The molecule has 1 aliphatic heterocycles. The smallest absolute Gasteiger partial charge is 0.215 e. The summed E-state index contributed by atoms with van der Waals surface area (Å²) < 4.78 is 5.09. The average Bonchev–Trinajstić information content (AvgIpc) is 2.39. The molecule has 0 amide bonds. The number of thioether (sulfide) groups is 1. The molecule has 0 saturated carbocycles. The van der Waals surface area contributed by atoms with Crippen molar-refractivity contribution in [1.82, 2.24) is 4.98 Å². The molecule has 0 aliphatic carbocycles. The van der Waals surface area contributed by atoms with Crippen LogP contribution in [0.3, 0.4) is 0 Å². The van der Waals surface area contributed by atoms with E-state index >= 15 is 0 Å². The maximum Gasteiger partial charge on any atom is 0.215 e. The van der Waals surface area contributed by atoms with Crippen LogP contribution in [0, 0.1) is 0 Å². The zero-order valence-corrected chi connectivity index (χ0v) is 10.9. The van der Waals surface area contributed by atoms with Gasteiger partial charge in [0, 0.05) is 17.9 Å². The van der Waals surface area contributed by atoms with E-state index in [4.69, 9.17) is 10.5 Å². The average molecular weight is 253 g/mol. The van der Waals surface area contributed by atoms with Gasteiger partial charge >= 0.3 is 0 Å². The quantitative estimate of drug-likeness (QED) is 0.862. The molecule has 17 heavy (non-hydrogen) atoms. The minimum atomic E-state index is 0.595. The summed E-state index contributed by atoms with van der Waals surface area (Å²) in [6.07, 6.45) is 3.96. The molecule has 0 bridgehead atoms. The van der Waals surface area contributed by atoms with Crippen molar-refractivity contribution in [2.45, 2.75) is 24.5 Å². The molecule has 1 unspecified atom stereocenters. The first-order chi connectivity index (χ1) is 8.29. The molecule has 0 aromatic carbocycles. The molecule has 0 spiro atoms. The summed E-state index contributed by atoms with van der Waals surface area (Å²) in [6.45, 7) is 0.926. The Labute approximate surface area is 106 Å². The predicted octanol–water partition coefficient (Wildman–Crippen LogP) is 2.37. The summed E-state index contributed by atoms with van der Waals surface area (Å²) in [5, 5.41) is 4.00. The number of hydrogen-bond donors (Lipinski definition) is 2. The Hall–Kier alpha value is -1.10. The number of anilines is 2. The molecule has 2 rings (SSSR count). The lowest BCUT2D eigenvalue weighted by molar-refractivity contribution is 0.398. The van der Waals surface area contributed by atoms with Crippen LogP contribution in [0.1, 0.15) is 19.3 Å². The molecule has 1 atom stereocenters. The fraction of sp³-hybridized carbons (Fsp3) is 0.583. The van der Waals surface area contributed by atoms with Gasteiger partial charge in [-0.3, -0.25) is 0 Å². The van der Waals surface area contributed by atoms with E-state index < -0.39 is 0 Å². The molecular formula is C12H19N3OS. The molecule has 1 fully saturated rings. The van der Waals surface area contributed by atoms with Gasteiger partial charge in [0.25, 0.3) is 0 Å². The van der Waals surface area contributed by atoms with Crippen molar-refractivity contribution < 1.29 is 4.74 Å². The van der Waals surface area contributed by atoms with E-state index in [2.05, 4.69) is 10.3 Å². The Balaban J connectivity index is 1.92. The van der Waals surface area contributed by atoms with Crippen LogP contribution in [-0.2, 0) is 0 Å². The Morgan fingerprint density at radius 1 is 1.53 bits per heavy atom. The molecule has 2 heterocycles. The zero-order valence-electron chi connectivity index (χ0n) is 10.1. The van der Waals surface area contributed by atoms with E-state index in [9.17, 15) is 0 Å². The topological polar surface area (TPSA) is 60.2 Å². The van der Waals surface area contributed by atoms with Crippen LogP contribution in [0.2, 0.25) is 0 Å². The minimum Gasteiger partial charge on any atom is -0.481 e. The Kier molecular flexibility index (Phi) is 4.36. The summed E-state index contributed by atoms with van der Waals surface area (Å²) in [5.74, 6) is 2.60. The lowest BCUT2D eigenvalue weighted by Crippen LogP contribution is -2.21. The normalized spacial score (nSPS) is 19.9. The third-order valence-electron chi connectivity index (χ3n) is 2.88. The van der Waals surface area contributed by atoms with Crippen molar-refractivity contribution in [2.75, 3.05) is 30.5 Å². The van der Waals surface area contributed by atoms with E-state index in [0.717, 1.165) is 12.4 Å². The van der Waals surface area contributed by atoms with Gasteiger partial charge in [0.1, 0.15) is 0 Å². The summed E-state index contributed by atoms with van der Waals surface area (Å²) in [6, 6.07) is 3.60. The van der Waals surface area contributed by atoms with Gasteiger partial charge < -0.3 is 15.8 Å². The van der Waals surface area contributed by atoms with Gasteiger partial charge in [0.15, 0.2) is 5.82 Å². The highest BCUT2D eigenvalue weighted by molar-refractivity contribution is 7.99. The van der Waals surface area contributed by atoms with Crippen LogP contribution in [-0.4, -0.2) is 29.6 Å². The number of nitrogen functional groups attached to an aromatic ring is 1. The fourth-order valence-corrected chi connectivity index (χ4v) is 3.12. The van der Waals surface area contributed by atoms with Crippen LogP contribution in [0.15, 0.2) is 12.1 Å². The number of aromatic nitrogens is 1. The first-order valence-corrected chi connectivity index (χ1v) is 7.00. The van der Waals surface area contributed by atoms with Crippen LogP contribution in [0.5, 0.6) is 5.88 Å². The van der Waals surface area contributed by atoms with E-state index in [1.54, 1.807) is 13.2 Å². The second-order valence-corrected chi connectivity index (χ2v) is 5.57. The number of nitrogens with zero attached hydrogens (tertiary/aromatic N) is 1. The molecular weight excluding hydrogens is 234 g/mol. The number of hydrogen-bond acceptors (Lipinski definition) is 5. The maximum atomic E-state index is 5.87. The summed E-state index contributed by atoms with van der Waals surface area (Å²) in [5.41, 5.74) is 6.55. The number of nitrogens with two attached hydrogens (primary N) is 1. The van der Waals surface area contributed by atoms with Gasteiger partial charge in [-0.1, -0.05) is 6.42 Å². The summed E-state index contributed by atoms with van der Waals surface area (Å²) in [7, 11) is 1.61. The maximum absolute atomic E-state index is 5.87. The van der Waals surface area contributed by atoms with Gasteiger partial charge in [0.05, 0.1) is 12.8 Å². The molecule has 5 heteroatoms. The monoisotopic (exact) mass is 253 g/mol. The van der Waals surface area contributed by atoms with Crippen LogP contribution in [0.4, 0.5) is 11.5 Å². The van der Waals surface area contributed by atoms with E-state index in [0.29, 0.717) is 16.8 Å². The van der Waals surface area contributed by atoms with Crippen LogP contribution >= 0.6 is 11.8 Å². The molecule has 3 N–H and O–H groups in total. The van der Waals surface area contributed by atoms with Gasteiger partial charge in [-0.25, -0.2) is 0 Å². The molecule has 0 radical (unpaired) electrons. The van der Waals surface area contributed by atoms with E-state index in [-0.39, 0.29) is 0 Å². The third kappa shape index (κ3) is 3.43. The van der Waals surface area contributed by atoms with Crippen molar-refractivity contribution in [3.8, 4) is 5.88 Å². The standard InChI is InChI=1S/C12H19N3OS/c1-16-11-6-5-10(13)12(15-11)14-8-9-4-2-3-7-17-9/h5-6,9H,2-4,7-8,13H2,1H3,(H,14,15). The predicted molar refractivity (Wildman–Crippen MR) is 73.8 cm³/mol. The number of rotatable bonds is 4. The summed E-state index contributed by atoms with van der Waals surface area (Å²) >= 11 is 2.04. The third-order valence-corrected chi connectivity index (χ3v) is 4.28. The van der Waals surface area contributed by atoms with Crippen LogP contribution in [0.25, 0.3) is 0 Å². The molecule has 1 aliphatic rings. The second-order valence-electron chi connectivity index (χ2n) is 4.16. The largest absolute Gasteiger partial charge is 0.481 e. The SMILES string of the molecule is COc1ccc(N)c(NCC2CCCCS2)n1. The molecule has 1 aromatic heterocycles. The van der Waals surface area contributed by atoms with Gasteiger partial charge in [-0.15, -0.1) is 0 Å². The van der Waals surface area contributed by atoms with Crippen molar-refractivity contribution in [1.29, 1.82) is 0 Å². The number of pyridine rings is 1. The number of methoxy groups -OCH3 is 1. The second kappa shape index (κ2) is 6.00. The van der Waals surface area contributed by atoms with E-state index in [1.165, 1.54) is 25.0 Å². The van der Waals surface area contributed by atoms with E-state index in [1.807, 2.05) is 17.8 Å². The van der Waals surface area contributed by atoms with Crippen molar-refractivity contribution in [3.63, 3.8) is 0 Å². The molecule has 1 aromatic rings. The lowest BCUT2D eigenvalue weighted by atomic mass is 10.2. The molecule has 4 nitrogen and oxygen atoms in total. The molecule has 1 saturated heterocycles. The Morgan fingerprint density at radius 2 is 2.41 bits per heavy atom. The van der Waals surface area contributed by atoms with Gasteiger partial charge in [0.2, 0.25) is 5.88 Å². The Bertz CT molecular complexity index is 367. The first kappa shape index (κ1) is 12.4. The zero-order chi connectivity index (χ0) is 12.1. The lowest BCUT2D eigenvalue weighted by Gasteiger charge is -2.22. The Morgan fingerprint density at radius 3 is 3.12 bits per heavy atom. The number of nitrogens with one attached hydrogen (secondary N) is 1. The van der Waals surface area contributed by atoms with Crippen molar-refractivity contribution in [3.05, 3.63) is 12.1 Å². The minimum absolute atomic E-state index is 0.595. The molecule has 94 valence electrons. The highest BCUT2D eigenvalue weighted by Gasteiger charge is 2.14. The number of ether oxygens (including phenoxy) is 1. The summed E-state index contributed by atoms with van der Waals surface area (Å²) in [4.78, 5) is 4.31. The van der Waals surface area contributed by atoms with Gasteiger partial charge in [-0.05, 0) is 24.7 Å². The fourth-order valence-electron chi connectivity index (χ4n) is 1.89. The highest BCUT2D eigenvalue weighted by Crippen LogP contribution is 2.26. The first-order valence-electron chi connectivity index (χ1n) is 5.95. The van der Waals surface area contributed by atoms with Crippen molar-refractivity contribution >= 4 is 23.3 Å². The highest BCUT2D eigenvalue weighted by atomic mass is 32.2.